The highest BCUT2D eigenvalue weighted by Crippen LogP contribution is 2.46. The third-order valence-corrected chi connectivity index (χ3v) is 7.02. The van der Waals surface area contributed by atoms with Gasteiger partial charge in [-0.15, -0.1) is 0 Å². The highest BCUT2D eigenvalue weighted by molar-refractivity contribution is 6.31. The van der Waals surface area contributed by atoms with Gasteiger partial charge in [0.1, 0.15) is 5.82 Å². The largest absolute Gasteiger partial charge is 0.309 e. The van der Waals surface area contributed by atoms with Crippen LogP contribution in [0.2, 0.25) is 5.02 Å². The Kier molecular flexibility index (Phi) is 3.93. The Labute approximate surface area is 176 Å². The molecule has 0 N–H and O–H groups in total. The first-order valence-electron chi connectivity index (χ1n) is 10.2. The van der Waals surface area contributed by atoms with E-state index in [-0.39, 0.29) is 16.6 Å². The second-order valence-electron chi connectivity index (χ2n) is 9.66. The van der Waals surface area contributed by atoms with Gasteiger partial charge in [-0.05, 0) is 77.3 Å². The summed E-state index contributed by atoms with van der Waals surface area (Å²) >= 11 is 6.35. The molecule has 0 amide bonds. The van der Waals surface area contributed by atoms with Crippen molar-refractivity contribution >= 4 is 33.4 Å². The summed E-state index contributed by atoms with van der Waals surface area (Å²) in [5.74, 6) is -0.222. The Morgan fingerprint density at radius 1 is 0.759 bits per heavy atom. The van der Waals surface area contributed by atoms with E-state index >= 15 is 0 Å². The van der Waals surface area contributed by atoms with E-state index in [1.807, 2.05) is 24.3 Å². The normalized spacial score (nSPS) is 17.6. The smallest absolute Gasteiger partial charge is 0.123 e. The second kappa shape index (κ2) is 6.09. The molecule has 0 spiro atoms. The fraction of sp³-hybridized carbons (Fsp3) is 0.308. The lowest BCUT2D eigenvalue weighted by Gasteiger charge is -2.42. The molecule has 0 bridgehead atoms. The lowest BCUT2D eigenvalue weighted by molar-refractivity contribution is 0.332. The number of nitrogens with zero attached hydrogens (tertiary/aromatic N) is 1. The molecule has 5 rings (SSSR count). The zero-order chi connectivity index (χ0) is 20.6. The van der Waals surface area contributed by atoms with Gasteiger partial charge < -0.3 is 4.57 Å². The Hall–Kier alpha value is -2.32. The quantitative estimate of drug-likeness (QED) is 0.303. The molecule has 0 unspecified atom stereocenters. The molecule has 1 aliphatic rings. The average Bonchev–Trinajstić information content (AvgIpc) is 2.98. The van der Waals surface area contributed by atoms with E-state index in [0.717, 1.165) is 27.5 Å². The van der Waals surface area contributed by atoms with Gasteiger partial charge in [0, 0.05) is 21.5 Å². The standard InChI is InChI=1S/C26H25ClFN/c1-25(2)11-12-26(3,4)22-15-18(7-9-21(22)25)29-23-10-6-17(28)14-20(23)19-8-5-16(27)13-24(19)29/h5-10,13-15H,11-12H2,1-4H3. The number of hydrogen-bond donors (Lipinski definition) is 0. The molecule has 0 saturated carbocycles. The van der Waals surface area contributed by atoms with Gasteiger partial charge in [-0.2, -0.15) is 0 Å². The predicted octanol–water partition coefficient (Wildman–Crippen LogP) is 7.93. The number of aromatic nitrogens is 1. The minimum Gasteiger partial charge on any atom is -0.309 e. The van der Waals surface area contributed by atoms with Gasteiger partial charge in [0.2, 0.25) is 0 Å². The Morgan fingerprint density at radius 2 is 1.48 bits per heavy atom. The lowest BCUT2D eigenvalue weighted by atomic mass is 9.63. The maximum Gasteiger partial charge on any atom is 0.123 e. The second-order valence-corrected chi connectivity index (χ2v) is 10.1. The van der Waals surface area contributed by atoms with E-state index in [4.69, 9.17) is 11.6 Å². The molecule has 0 saturated heterocycles. The maximum atomic E-state index is 14.0. The van der Waals surface area contributed by atoms with Crippen LogP contribution < -0.4 is 0 Å². The number of fused-ring (bicyclic) bond motifs is 4. The zero-order valence-electron chi connectivity index (χ0n) is 17.3. The molecule has 0 radical (unpaired) electrons. The van der Waals surface area contributed by atoms with Gasteiger partial charge in [0.05, 0.1) is 11.0 Å². The number of halogens is 2. The number of rotatable bonds is 1. The summed E-state index contributed by atoms with van der Waals surface area (Å²) in [6.45, 7) is 9.35. The molecular weight excluding hydrogens is 381 g/mol. The van der Waals surface area contributed by atoms with Crippen LogP contribution in [0.25, 0.3) is 27.5 Å². The fourth-order valence-corrected chi connectivity index (χ4v) is 5.13. The van der Waals surface area contributed by atoms with Crippen LogP contribution in [0.1, 0.15) is 51.7 Å². The van der Waals surface area contributed by atoms with Crippen LogP contribution in [0.4, 0.5) is 4.39 Å². The first-order chi connectivity index (χ1) is 13.7. The van der Waals surface area contributed by atoms with Crippen molar-refractivity contribution in [3.8, 4) is 5.69 Å². The molecule has 1 heterocycles. The predicted molar refractivity (Wildman–Crippen MR) is 121 cm³/mol. The van der Waals surface area contributed by atoms with Crippen molar-refractivity contribution in [1.82, 2.24) is 4.57 Å². The van der Waals surface area contributed by atoms with Crippen molar-refractivity contribution in [2.24, 2.45) is 0 Å². The topological polar surface area (TPSA) is 4.93 Å². The molecule has 0 aliphatic heterocycles. The van der Waals surface area contributed by atoms with Crippen LogP contribution in [-0.2, 0) is 10.8 Å². The van der Waals surface area contributed by atoms with Crippen molar-refractivity contribution in [3.63, 3.8) is 0 Å². The Balaban J connectivity index is 1.86. The van der Waals surface area contributed by atoms with Crippen molar-refractivity contribution in [1.29, 1.82) is 0 Å². The SMILES string of the molecule is CC1(C)CCC(C)(C)c2cc(-n3c4ccc(F)cc4c4ccc(Cl)cc43)ccc21. The average molecular weight is 406 g/mol. The van der Waals surface area contributed by atoms with E-state index in [0.29, 0.717) is 5.02 Å². The zero-order valence-corrected chi connectivity index (χ0v) is 18.1. The third kappa shape index (κ3) is 2.80. The first-order valence-corrected chi connectivity index (χ1v) is 10.6. The Morgan fingerprint density at radius 3 is 2.24 bits per heavy atom. The third-order valence-electron chi connectivity index (χ3n) is 6.78. The highest BCUT2D eigenvalue weighted by Gasteiger charge is 2.37. The van der Waals surface area contributed by atoms with Crippen molar-refractivity contribution < 1.29 is 4.39 Å². The first kappa shape index (κ1) is 18.7. The molecule has 0 atom stereocenters. The molecule has 0 fully saturated rings. The van der Waals surface area contributed by atoms with Gasteiger partial charge in [0.25, 0.3) is 0 Å². The van der Waals surface area contributed by atoms with E-state index in [9.17, 15) is 4.39 Å². The molecule has 148 valence electrons. The van der Waals surface area contributed by atoms with Crippen molar-refractivity contribution in [2.75, 3.05) is 0 Å². The minimum atomic E-state index is -0.222. The van der Waals surface area contributed by atoms with Crippen LogP contribution >= 0.6 is 11.6 Å². The molecule has 1 nitrogen and oxygen atoms in total. The molecular formula is C26H25ClFN. The molecule has 4 aromatic rings. The van der Waals surface area contributed by atoms with Gasteiger partial charge in [-0.3, -0.25) is 0 Å². The van der Waals surface area contributed by atoms with Gasteiger partial charge in [0.15, 0.2) is 0 Å². The summed E-state index contributed by atoms with van der Waals surface area (Å²) in [6, 6.07) is 17.7. The molecule has 1 aromatic heterocycles. The van der Waals surface area contributed by atoms with Crippen molar-refractivity contribution in [2.45, 2.75) is 51.4 Å². The molecule has 3 aromatic carbocycles. The molecule has 1 aliphatic carbocycles. The van der Waals surface area contributed by atoms with E-state index < -0.39 is 0 Å². The van der Waals surface area contributed by atoms with Crippen LogP contribution in [0.3, 0.4) is 0 Å². The van der Waals surface area contributed by atoms with E-state index in [1.165, 1.54) is 30.0 Å². The van der Waals surface area contributed by atoms with E-state index in [1.54, 1.807) is 6.07 Å². The summed E-state index contributed by atoms with van der Waals surface area (Å²) < 4.78 is 16.2. The summed E-state index contributed by atoms with van der Waals surface area (Å²) in [7, 11) is 0. The summed E-state index contributed by atoms with van der Waals surface area (Å²) in [5.41, 5.74) is 6.25. The van der Waals surface area contributed by atoms with Gasteiger partial charge >= 0.3 is 0 Å². The van der Waals surface area contributed by atoms with Crippen LogP contribution in [-0.4, -0.2) is 4.57 Å². The van der Waals surface area contributed by atoms with Crippen LogP contribution in [0.5, 0.6) is 0 Å². The van der Waals surface area contributed by atoms with Gasteiger partial charge in [-0.1, -0.05) is 51.4 Å². The number of hydrogen-bond acceptors (Lipinski definition) is 0. The van der Waals surface area contributed by atoms with Crippen molar-refractivity contribution in [3.05, 3.63) is 76.6 Å². The van der Waals surface area contributed by atoms with E-state index in [2.05, 4.69) is 50.5 Å². The molecule has 3 heteroatoms. The van der Waals surface area contributed by atoms with Crippen LogP contribution in [0.15, 0.2) is 54.6 Å². The highest BCUT2D eigenvalue weighted by atomic mass is 35.5. The lowest BCUT2D eigenvalue weighted by Crippen LogP contribution is -2.33. The summed E-state index contributed by atoms with van der Waals surface area (Å²) in [5, 5.41) is 2.61. The maximum absolute atomic E-state index is 14.0. The number of benzene rings is 3. The fourth-order valence-electron chi connectivity index (χ4n) is 4.96. The molecule has 29 heavy (non-hydrogen) atoms. The monoisotopic (exact) mass is 405 g/mol. The van der Waals surface area contributed by atoms with Gasteiger partial charge in [-0.25, -0.2) is 4.39 Å². The van der Waals surface area contributed by atoms with Crippen LogP contribution in [0, 0.1) is 5.82 Å². The minimum absolute atomic E-state index is 0.128. The summed E-state index contributed by atoms with van der Waals surface area (Å²) in [6.07, 6.45) is 2.36. The Bertz CT molecular complexity index is 1280. The summed E-state index contributed by atoms with van der Waals surface area (Å²) in [4.78, 5) is 0.